The SMILES string of the molecule is CCc1cnc(/C=C/c2ccccc2C(=O)Nc2cc(CCCS(=O)(=O)c3ccc(Cl)cc3)ccc2OCC(=O)O)s1. The van der Waals surface area contributed by atoms with E-state index < -0.39 is 28.3 Å². The number of carbonyl (C=O) groups excluding carboxylic acids is 1. The summed E-state index contributed by atoms with van der Waals surface area (Å²) in [4.78, 5) is 30.3. The Balaban J connectivity index is 1.51. The summed E-state index contributed by atoms with van der Waals surface area (Å²) in [6.07, 6.45) is 7.15. The lowest BCUT2D eigenvalue weighted by atomic mass is 10.1. The lowest BCUT2D eigenvalue weighted by Crippen LogP contribution is -2.16. The van der Waals surface area contributed by atoms with Gasteiger partial charge in [-0.05, 0) is 78.9 Å². The van der Waals surface area contributed by atoms with E-state index in [4.69, 9.17) is 21.4 Å². The van der Waals surface area contributed by atoms with Crippen LogP contribution in [0.4, 0.5) is 5.69 Å². The first-order valence-corrected chi connectivity index (χ1v) is 16.0. The van der Waals surface area contributed by atoms with Crippen LogP contribution in [0.5, 0.6) is 5.75 Å². The molecule has 0 radical (unpaired) electrons. The van der Waals surface area contributed by atoms with E-state index in [1.807, 2.05) is 30.5 Å². The van der Waals surface area contributed by atoms with Crippen LogP contribution in [0.15, 0.2) is 77.8 Å². The molecular weight excluding hydrogens is 596 g/mol. The van der Waals surface area contributed by atoms with Crippen LogP contribution < -0.4 is 10.1 Å². The van der Waals surface area contributed by atoms with Gasteiger partial charge < -0.3 is 15.2 Å². The number of hydrogen-bond acceptors (Lipinski definition) is 7. The number of anilines is 1. The molecule has 0 spiro atoms. The quantitative estimate of drug-likeness (QED) is 0.171. The highest BCUT2D eigenvalue weighted by Crippen LogP contribution is 2.28. The monoisotopic (exact) mass is 624 g/mol. The molecule has 1 heterocycles. The molecule has 4 rings (SSSR count). The summed E-state index contributed by atoms with van der Waals surface area (Å²) in [6.45, 7) is 1.47. The van der Waals surface area contributed by atoms with Crippen molar-refractivity contribution in [2.75, 3.05) is 17.7 Å². The maximum Gasteiger partial charge on any atom is 0.341 e. The predicted octanol–water partition coefficient (Wildman–Crippen LogP) is 6.65. The summed E-state index contributed by atoms with van der Waals surface area (Å²) in [6, 6.07) is 18.1. The van der Waals surface area contributed by atoms with Crippen molar-refractivity contribution in [3.05, 3.63) is 105 Å². The third-order valence-electron chi connectivity index (χ3n) is 6.23. The molecule has 0 bridgehead atoms. The number of aliphatic carboxylic acids is 1. The van der Waals surface area contributed by atoms with E-state index in [0.717, 1.165) is 21.9 Å². The molecule has 1 aromatic heterocycles. The number of aromatic nitrogens is 1. The van der Waals surface area contributed by atoms with Crippen LogP contribution in [0.3, 0.4) is 0 Å². The zero-order valence-electron chi connectivity index (χ0n) is 22.7. The van der Waals surface area contributed by atoms with Crippen LogP contribution in [-0.4, -0.2) is 42.7 Å². The first-order chi connectivity index (χ1) is 20.1. The maximum atomic E-state index is 13.4. The molecule has 0 unspecified atom stereocenters. The fourth-order valence-electron chi connectivity index (χ4n) is 4.08. The second-order valence-corrected chi connectivity index (χ2v) is 13.0. The molecule has 0 atom stereocenters. The summed E-state index contributed by atoms with van der Waals surface area (Å²) >= 11 is 7.45. The van der Waals surface area contributed by atoms with Gasteiger partial charge in [0.1, 0.15) is 10.8 Å². The number of halogens is 1. The number of nitrogens with one attached hydrogen (secondary N) is 1. The Morgan fingerprint density at radius 3 is 2.55 bits per heavy atom. The van der Waals surface area contributed by atoms with Crippen molar-refractivity contribution in [2.24, 2.45) is 0 Å². The third-order valence-corrected chi connectivity index (χ3v) is 9.40. The number of benzene rings is 3. The van der Waals surface area contributed by atoms with E-state index in [-0.39, 0.29) is 22.1 Å². The average molecular weight is 625 g/mol. The standard InChI is InChI=1S/C31H29ClN2O6S2/c1-2-24-19-33-29(41-24)16-10-22-7-3-4-8-26(22)31(37)34-27-18-21(9-15-28(27)40-20-30(35)36)6-5-17-42(38,39)25-13-11-23(32)12-14-25/h3-4,7-16,18-19H,2,5-6,17,20H2,1H3,(H,34,37)(H,35,36)/b16-10+. The minimum Gasteiger partial charge on any atom is -0.480 e. The fraction of sp³-hybridized carbons (Fsp3) is 0.194. The predicted molar refractivity (Wildman–Crippen MR) is 166 cm³/mol. The van der Waals surface area contributed by atoms with Gasteiger partial charge in [0.25, 0.3) is 5.91 Å². The zero-order valence-corrected chi connectivity index (χ0v) is 25.1. The van der Waals surface area contributed by atoms with Crippen molar-refractivity contribution >= 4 is 62.5 Å². The van der Waals surface area contributed by atoms with Gasteiger partial charge in [0.2, 0.25) is 0 Å². The van der Waals surface area contributed by atoms with Gasteiger partial charge in [0.05, 0.1) is 16.3 Å². The minimum atomic E-state index is -3.50. The topological polar surface area (TPSA) is 123 Å². The van der Waals surface area contributed by atoms with Gasteiger partial charge in [0, 0.05) is 21.7 Å². The van der Waals surface area contributed by atoms with Crippen LogP contribution in [0.2, 0.25) is 5.02 Å². The smallest absolute Gasteiger partial charge is 0.341 e. The molecule has 0 aliphatic carbocycles. The van der Waals surface area contributed by atoms with Gasteiger partial charge in [0.15, 0.2) is 16.4 Å². The molecule has 4 aromatic rings. The molecule has 0 aliphatic heterocycles. The van der Waals surface area contributed by atoms with Gasteiger partial charge in [-0.25, -0.2) is 18.2 Å². The molecule has 1 amide bonds. The molecule has 42 heavy (non-hydrogen) atoms. The number of carboxylic acids is 1. The molecule has 0 saturated heterocycles. The van der Waals surface area contributed by atoms with Crippen LogP contribution >= 0.6 is 22.9 Å². The number of aryl methyl sites for hydroxylation is 2. The molecule has 2 N–H and O–H groups in total. The summed E-state index contributed by atoms with van der Waals surface area (Å²) in [5, 5.41) is 13.2. The molecule has 8 nitrogen and oxygen atoms in total. The van der Waals surface area contributed by atoms with Gasteiger partial charge in [-0.15, -0.1) is 11.3 Å². The Morgan fingerprint density at radius 1 is 1.07 bits per heavy atom. The Kier molecular flexibility index (Phi) is 10.5. The average Bonchev–Trinajstić information content (AvgIpc) is 3.44. The summed E-state index contributed by atoms with van der Waals surface area (Å²) < 4.78 is 30.9. The van der Waals surface area contributed by atoms with Crippen molar-refractivity contribution in [1.29, 1.82) is 0 Å². The largest absolute Gasteiger partial charge is 0.480 e. The second-order valence-electron chi connectivity index (χ2n) is 9.28. The minimum absolute atomic E-state index is 0.0772. The first kappa shape index (κ1) is 31.0. The number of nitrogens with zero attached hydrogens (tertiary/aromatic N) is 1. The van der Waals surface area contributed by atoms with Crippen molar-refractivity contribution in [1.82, 2.24) is 4.98 Å². The maximum absolute atomic E-state index is 13.4. The van der Waals surface area contributed by atoms with Crippen LogP contribution in [0.1, 0.15) is 44.7 Å². The first-order valence-electron chi connectivity index (χ1n) is 13.1. The van der Waals surface area contributed by atoms with Crippen LogP contribution in [0.25, 0.3) is 12.2 Å². The Morgan fingerprint density at radius 2 is 1.83 bits per heavy atom. The summed E-state index contributed by atoms with van der Waals surface area (Å²) in [7, 11) is -3.50. The number of amides is 1. The number of thiazole rings is 1. The normalized spacial score (nSPS) is 11.5. The highest BCUT2D eigenvalue weighted by molar-refractivity contribution is 7.91. The van der Waals surface area contributed by atoms with E-state index in [1.54, 1.807) is 41.7 Å². The van der Waals surface area contributed by atoms with Crippen molar-refractivity contribution < 1.29 is 27.9 Å². The Hall–Kier alpha value is -3.99. The summed E-state index contributed by atoms with van der Waals surface area (Å²) in [5.41, 5.74) is 2.12. The Labute approximate surface area is 253 Å². The molecule has 0 aliphatic rings. The van der Waals surface area contributed by atoms with Crippen molar-refractivity contribution in [3.63, 3.8) is 0 Å². The van der Waals surface area contributed by atoms with Gasteiger partial charge in [-0.3, -0.25) is 4.79 Å². The number of rotatable bonds is 13. The molecular formula is C31H29ClN2O6S2. The molecule has 3 aromatic carbocycles. The lowest BCUT2D eigenvalue weighted by Gasteiger charge is -2.14. The number of hydrogen-bond donors (Lipinski definition) is 2. The number of sulfone groups is 1. The van der Waals surface area contributed by atoms with Crippen molar-refractivity contribution in [2.45, 2.75) is 31.1 Å². The molecule has 0 fully saturated rings. The van der Waals surface area contributed by atoms with Gasteiger partial charge in [-0.2, -0.15) is 0 Å². The number of carboxylic acid groups (broad SMARTS) is 1. The second kappa shape index (κ2) is 14.3. The van der Waals surface area contributed by atoms with E-state index >= 15 is 0 Å². The molecule has 11 heteroatoms. The fourth-order valence-corrected chi connectivity index (χ4v) is 6.28. The number of ether oxygens (including phenoxy) is 1. The van der Waals surface area contributed by atoms with Gasteiger partial charge in [-0.1, -0.05) is 48.9 Å². The highest BCUT2D eigenvalue weighted by atomic mass is 35.5. The number of carbonyl (C=O) groups is 2. The van der Waals surface area contributed by atoms with E-state index in [0.29, 0.717) is 29.0 Å². The van der Waals surface area contributed by atoms with Gasteiger partial charge >= 0.3 is 5.97 Å². The highest BCUT2D eigenvalue weighted by Gasteiger charge is 2.17. The Bertz CT molecular complexity index is 1700. The third kappa shape index (κ3) is 8.51. The van der Waals surface area contributed by atoms with Crippen molar-refractivity contribution in [3.8, 4) is 5.75 Å². The van der Waals surface area contributed by atoms with E-state index in [1.165, 1.54) is 24.3 Å². The van der Waals surface area contributed by atoms with E-state index in [2.05, 4.69) is 17.2 Å². The van der Waals surface area contributed by atoms with Crippen LogP contribution in [0, 0.1) is 0 Å². The molecule has 218 valence electrons. The molecule has 0 saturated carbocycles. The zero-order chi connectivity index (χ0) is 30.1. The van der Waals surface area contributed by atoms with E-state index in [9.17, 15) is 18.0 Å². The summed E-state index contributed by atoms with van der Waals surface area (Å²) in [5.74, 6) is -1.46. The lowest BCUT2D eigenvalue weighted by molar-refractivity contribution is -0.139. The van der Waals surface area contributed by atoms with Crippen LogP contribution in [-0.2, 0) is 27.5 Å².